The summed E-state index contributed by atoms with van der Waals surface area (Å²) in [6, 6.07) is 61.6. The van der Waals surface area contributed by atoms with Gasteiger partial charge in [-0.2, -0.15) is 0 Å². The van der Waals surface area contributed by atoms with Gasteiger partial charge in [-0.3, -0.25) is 4.98 Å². The zero-order chi connectivity index (χ0) is 34.8. The first-order valence-corrected chi connectivity index (χ1v) is 17.9. The Hall–Kier alpha value is -6.71. The molecule has 0 N–H and O–H groups in total. The molecule has 0 saturated carbocycles. The SMILES string of the molecule is Cc1cc(-c2cccc(-c3cc(-c4cc(C)cc(-n5c6ccccc6c6ccccc65)c4)ccn3)c2)cc(-n2c3ccccc3c3ccccc32)c1. The maximum absolute atomic E-state index is 4.88. The fourth-order valence-corrected chi connectivity index (χ4v) is 8.14. The fourth-order valence-electron chi connectivity index (χ4n) is 8.14. The van der Waals surface area contributed by atoms with Gasteiger partial charge in [0.2, 0.25) is 0 Å². The zero-order valence-corrected chi connectivity index (χ0v) is 29.1. The van der Waals surface area contributed by atoms with Crippen molar-refractivity contribution in [2.45, 2.75) is 13.8 Å². The van der Waals surface area contributed by atoms with Crippen LogP contribution in [0, 0.1) is 13.8 Å². The third kappa shape index (κ3) is 4.93. The van der Waals surface area contributed by atoms with Crippen LogP contribution in [0.1, 0.15) is 11.1 Å². The number of nitrogens with zero attached hydrogens (tertiary/aromatic N) is 3. The van der Waals surface area contributed by atoms with Gasteiger partial charge in [0.05, 0.1) is 27.8 Å². The van der Waals surface area contributed by atoms with Crippen LogP contribution in [-0.2, 0) is 0 Å². The molecule has 3 nitrogen and oxygen atoms in total. The minimum atomic E-state index is 0.953. The predicted molar refractivity (Wildman–Crippen MR) is 219 cm³/mol. The lowest BCUT2D eigenvalue weighted by Crippen LogP contribution is -1.96. The Kier molecular flexibility index (Phi) is 6.94. The largest absolute Gasteiger partial charge is 0.309 e. The zero-order valence-electron chi connectivity index (χ0n) is 29.1. The van der Waals surface area contributed by atoms with E-state index in [1.54, 1.807) is 0 Å². The van der Waals surface area contributed by atoms with Crippen molar-refractivity contribution in [1.29, 1.82) is 0 Å². The number of aromatic nitrogens is 3. The Morgan fingerprint density at radius 3 is 1.25 bits per heavy atom. The summed E-state index contributed by atoms with van der Waals surface area (Å²) in [6.07, 6.45) is 1.94. The highest BCUT2D eigenvalue weighted by Gasteiger charge is 2.15. The summed E-state index contributed by atoms with van der Waals surface area (Å²) in [7, 11) is 0. The molecule has 0 atom stereocenters. The maximum atomic E-state index is 4.88. The van der Waals surface area contributed by atoms with Crippen LogP contribution in [-0.4, -0.2) is 14.1 Å². The molecular formula is C49H35N3. The van der Waals surface area contributed by atoms with Crippen molar-refractivity contribution < 1.29 is 0 Å². The number of fused-ring (bicyclic) bond motifs is 6. The second kappa shape index (κ2) is 12.0. The Labute approximate surface area is 302 Å². The van der Waals surface area contributed by atoms with Crippen LogP contribution in [0.4, 0.5) is 0 Å². The fraction of sp³-hybridized carbons (Fsp3) is 0.0408. The quantitative estimate of drug-likeness (QED) is 0.179. The molecule has 0 saturated heterocycles. The van der Waals surface area contributed by atoms with Gasteiger partial charge in [0, 0.05) is 44.7 Å². The normalized spacial score (nSPS) is 11.7. The van der Waals surface area contributed by atoms with Crippen LogP contribution < -0.4 is 0 Å². The van der Waals surface area contributed by atoms with Crippen molar-refractivity contribution in [2.75, 3.05) is 0 Å². The first-order chi connectivity index (χ1) is 25.6. The standard InChI is InChI=1S/C49H35N3/c1-32-24-37(29-39(26-32)51-46-18-7-3-14-41(46)42-15-4-8-19-47(42)51)34-12-11-13-36(28-34)45-31-35(22-23-50-45)38-25-33(2)27-40(30-38)52-48-20-9-5-16-43(48)44-17-6-10-21-49(44)52/h3-31H,1-2H3. The molecule has 7 aromatic carbocycles. The van der Waals surface area contributed by atoms with E-state index in [4.69, 9.17) is 4.98 Å². The van der Waals surface area contributed by atoms with E-state index >= 15 is 0 Å². The molecule has 0 radical (unpaired) electrons. The predicted octanol–water partition coefficient (Wildman–Crippen LogP) is 12.9. The molecule has 3 heterocycles. The average Bonchev–Trinajstić information content (AvgIpc) is 3.71. The Balaban J connectivity index is 1.05. The van der Waals surface area contributed by atoms with Crippen LogP contribution in [0.3, 0.4) is 0 Å². The van der Waals surface area contributed by atoms with Gasteiger partial charge in [0.1, 0.15) is 0 Å². The summed E-state index contributed by atoms with van der Waals surface area (Å²) in [4.78, 5) is 4.88. The van der Waals surface area contributed by atoms with E-state index in [0.29, 0.717) is 0 Å². The number of para-hydroxylation sites is 4. The average molecular weight is 666 g/mol. The third-order valence-electron chi connectivity index (χ3n) is 10.4. The number of hydrogen-bond acceptors (Lipinski definition) is 1. The van der Waals surface area contributed by atoms with Crippen molar-refractivity contribution >= 4 is 43.6 Å². The Bertz CT molecular complexity index is 2680. The highest BCUT2D eigenvalue weighted by atomic mass is 15.0. The van der Waals surface area contributed by atoms with Crippen molar-refractivity contribution in [3.8, 4) is 44.9 Å². The van der Waals surface area contributed by atoms with Gasteiger partial charge in [-0.05, 0) is 114 Å². The molecule has 3 aromatic heterocycles. The van der Waals surface area contributed by atoms with Crippen LogP contribution in [0.5, 0.6) is 0 Å². The van der Waals surface area contributed by atoms with Crippen molar-refractivity contribution in [3.63, 3.8) is 0 Å². The number of aryl methyl sites for hydroxylation is 2. The minimum Gasteiger partial charge on any atom is -0.309 e. The van der Waals surface area contributed by atoms with Gasteiger partial charge in [-0.1, -0.05) is 103 Å². The molecule has 0 aliphatic heterocycles. The summed E-state index contributed by atoms with van der Waals surface area (Å²) < 4.78 is 4.79. The van der Waals surface area contributed by atoms with E-state index in [2.05, 4.69) is 193 Å². The van der Waals surface area contributed by atoms with Gasteiger partial charge < -0.3 is 9.13 Å². The molecule has 0 aliphatic rings. The molecule has 0 spiro atoms. The Morgan fingerprint density at radius 2 is 0.769 bits per heavy atom. The third-order valence-corrected chi connectivity index (χ3v) is 10.4. The van der Waals surface area contributed by atoms with Gasteiger partial charge >= 0.3 is 0 Å². The minimum absolute atomic E-state index is 0.953. The van der Waals surface area contributed by atoms with E-state index in [1.807, 2.05) is 6.20 Å². The summed E-state index contributed by atoms with van der Waals surface area (Å²) in [5.74, 6) is 0. The van der Waals surface area contributed by atoms with Crippen LogP contribution in [0.25, 0.3) is 88.5 Å². The van der Waals surface area contributed by atoms with Gasteiger partial charge in [0.15, 0.2) is 0 Å². The molecule has 0 fully saturated rings. The summed E-state index contributed by atoms with van der Waals surface area (Å²) in [6.45, 7) is 4.37. The van der Waals surface area contributed by atoms with Crippen molar-refractivity contribution in [1.82, 2.24) is 14.1 Å². The smallest absolute Gasteiger partial charge is 0.0708 e. The van der Waals surface area contributed by atoms with E-state index < -0.39 is 0 Å². The number of pyridine rings is 1. The maximum Gasteiger partial charge on any atom is 0.0708 e. The molecule has 10 rings (SSSR count). The van der Waals surface area contributed by atoms with E-state index in [9.17, 15) is 0 Å². The monoisotopic (exact) mass is 665 g/mol. The molecule has 246 valence electrons. The van der Waals surface area contributed by atoms with Crippen LogP contribution >= 0.6 is 0 Å². The van der Waals surface area contributed by atoms with E-state index in [-0.39, 0.29) is 0 Å². The second-order valence-corrected chi connectivity index (χ2v) is 13.9. The highest BCUT2D eigenvalue weighted by molar-refractivity contribution is 6.10. The van der Waals surface area contributed by atoms with Gasteiger partial charge in [0.25, 0.3) is 0 Å². The van der Waals surface area contributed by atoms with Gasteiger partial charge in [-0.15, -0.1) is 0 Å². The lowest BCUT2D eigenvalue weighted by atomic mass is 9.97. The topological polar surface area (TPSA) is 22.8 Å². The van der Waals surface area contributed by atoms with Crippen LogP contribution in [0.2, 0.25) is 0 Å². The summed E-state index contributed by atoms with van der Waals surface area (Å²) in [5, 5.41) is 5.07. The van der Waals surface area contributed by atoms with Crippen LogP contribution in [0.15, 0.2) is 176 Å². The summed E-state index contributed by atoms with van der Waals surface area (Å²) >= 11 is 0. The molecule has 52 heavy (non-hydrogen) atoms. The lowest BCUT2D eigenvalue weighted by molar-refractivity contribution is 1.17. The number of benzene rings is 7. The molecule has 0 aliphatic carbocycles. The lowest BCUT2D eigenvalue weighted by Gasteiger charge is -2.14. The molecule has 10 aromatic rings. The number of rotatable bonds is 5. The van der Waals surface area contributed by atoms with Crippen molar-refractivity contribution in [3.05, 3.63) is 187 Å². The Morgan fingerprint density at radius 1 is 0.346 bits per heavy atom. The van der Waals surface area contributed by atoms with E-state index in [1.165, 1.54) is 71.4 Å². The first kappa shape index (κ1) is 30.1. The molecular weight excluding hydrogens is 631 g/mol. The second-order valence-electron chi connectivity index (χ2n) is 13.9. The molecule has 0 bridgehead atoms. The van der Waals surface area contributed by atoms with Gasteiger partial charge in [-0.25, -0.2) is 0 Å². The highest BCUT2D eigenvalue weighted by Crippen LogP contribution is 2.37. The molecule has 3 heteroatoms. The summed E-state index contributed by atoms with van der Waals surface area (Å²) in [5.41, 5.74) is 16.3. The van der Waals surface area contributed by atoms with Crippen molar-refractivity contribution in [2.24, 2.45) is 0 Å². The molecule has 0 unspecified atom stereocenters. The first-order valence-electron chi connectivity index (χ1n) is 17.9. The molecule has 0 amide bonds. The number of hydrogen-bond donors (Lipinski definition) is 0. The van der Waals surface area contributed by atoms with E-state index in [0.717, 1.165) is 28.2 Å².